The summed E-state index contributed by atoms with van der Waals surface area (Å²) in [4.78, 5) is 0. The van der Waals surface area contributed by atoms with E-state index in [1.165, 1.54) is 33.5 Å². The molecule has 0 spiro atoms. The van der Waals surface area contributed by atoms with Gasteiger partial charge in [0.2, 0.25) is 0 Å². The van der Waals surface area contributed by atoms with Crippen molar-refractivity contribution in [2.24, 2.45) is 0 Å². The third-order valence-corrected chi connectivity index (χ3v) is 5.36. The fourth-order valence-corrected chi connectivity index (χ4v) is 3.61. The molecule has 1 aliphatic rings. The van der Waals surface area contributed by atoms with Crippen molar-refractivity contribution >= 4 is 0 Å². The van der Waals surface area contributed by atoms with Gasteiger partial charge in [-0.25, -0.2) is 0 Å². The summed E-state index contributed by atoms with van der Waals surface area (Å²) in [7, 11) is 4.29. The predicted molar refractivity (Wildman–Crippen MR) is 116 cm³/mol. The van der Waals surface area contributed by atoms with Crippen molar-refractivity contribution in [3.8, 4) is 23.0 Å². The summed E-state index contributed by atoms with van der Waals surface area (Å²) >= 11 is 0. The van der Waals surface area contributed by atoms with Crippen LogP contribution >= 0.6 is 0 Å². The fraction of sp³-hybridized carbons (Fsp3) is 0.478. The number of hydrogen-bond donors (Lipinski definition) is 4. The number of aliphatic hydroxyl groups excluding tert-OH is 3. The number of aliphatic hydroxyl groups is 3. The summed E-state index contributed by atoms with van der Waals surface area (Å²) in [5.74, 6) is 0.905. The molecule has 1 aliphatic heterocycles. The number of methoxy groups -OCH3 is 3. The van der Waals surface area contributed by atoms with Crippen LogP contribution in [-0.2, 0) is 14.2 Å². The van der Waals surface area contributed by atoms with Crippen molar-refractivity contribution in [2.45, 2.75) is 36.8 Å². The molecule has 182 valence electrons. The zero-order valence-electron chi connectivity index (χ0n) is 18.7. The number of benzene rings is 2. The molecule has 10 heteroatoms. The first-order valence-electron chi connectivity index (χ1n) is 10.4. The summed E-state index contributed by atoms with van der Waals surface area (Å²) in [5.41, 5.74) is 0.473. The van der Waals surface area contributed by atoms with Gasteiger partial charge in [-0.3, -0.25) is 0 Å². The van der Waals surface area contributed by atoms with Crippen LogP contribution in [0.3, 0.4) is 0 Å². The van der Waals surface area contributed by atoms with Gasteiger partial charge in [-0.15, -0.1) is 0 Å². The molecule has 0 radical (unpaired) electrons. The SMILES string of the molecule is COc1cc(C(O[C@H]2[C@H](OC)OC[C@@H](O)[C@@H]2O)C(CO)Oc2ccccc2OC)ccc1O. The number of hydrogen-bond acceptors (Lipinski definition) is 10. The Labute approximate surface area is 191 Å². The molecular weight excluding hydrogens is 436 g/mol. The molecule has 1 saturated heterocycles. The number of para-hydroxylation sites is 2. The van der Waals surface area contributed by atoms with Gasteiger partial charge in [-0.1, -0.05) is 18.2 Å². The molecular formula is C23H30O10. The number of phenols is 1. The smallest absolute Gasteiger partial charge is 0.186 e. The van der Waals surface area contributed by atoms with Gasteiger partial charge in [-0.2, -0.15) is 0 Å². The Morgan fingerprint density at radius 3 is 2.33 bits per heavy atom. The molecule has 0 bridgehead atoms. The van der Waals surface area contributed by atoms with Crippen LogP contribution in [0.4, 0.5) is 0 Å². The molecule has 2 aromatic carbocycles. The molecule has 0 amide bonds. The van der Waals surface area contributed by atoms with Crippen LogP contribution < -0.4 is 14.2 Å². The van der Waals surface area contributed by atoms with Crippen LogP contribution in [0.2, 0.25) is 0 Å². The van der Waals surface area contributed by atoms with Crippen LogP contribution in [-0.4, -0.2) is 85.7 Å². The minimum Gasteiger partial charge on any atom is -0.504 e. The highest BCUT2D eigenvalue weighted by Gasteiger charge is 2.43. The zero-order chi connectivity index (χ0) is 24.0. The van der Waals surface area contributed by atoms with E-state index in [1.807, 2.05) is 0 Å². The van der Waals surface area contributed by atoms with Gasteiger partial charge in [0.1, 0.15) is 24.4 Å². The Morgan fingerprint density at radius 1 is 1.00 bits per heavy atom. The van der Waals surface area contributed by atoms with E-state index >= 15 is 0 Å². The summed E-state index contributed by atoms with van der Waals surface area (Å²) in [5, 5.41) is 40.9. The van der Waals surface area contributed by atoms with Gasteiger partial charge < -0.3 is 48.8 Å². The molecule has 6 atom stereocenters. The minimum atomic E-state index is -1.32. The third-order valence-electron chi connectivity index (χ3n) is 5.36. The second-order valence-corrected chi connectivity index (χ2v) is 7.44. The van der Waals surface area contributed by atoms with Crippen molar-refractivity contribution < 1.29 is 48.8 Å². The van der Waals surface area contributed by atoms with E-state index < -0.39 is 43.4 Å². The number of rotatable bonds is 10. The standard InChI is InChI=1S/C23H30O10/c1-28-16-6-4-5-7-17(16)32-19(11-24)21(13-8-9-14(25)18(10-13)29-2)33-22-20(27)15(26)12-31-23(22)30-3/h4-10,15,19-27H,11-12H2,1-3H3/t15-,19?,20+,21?,22-,23-/m1/s1. The van der Waals surface area contributed by atoms with Gasteiger partial charge in [0.15, 0.2) is 35.4 Å². The molecule has 33 heavy (non-hydrogen) atoms. The first-order chi connectivity index (χ1) is 15.9. The normalized spacial score (nSPS) is 24.7. The van der Waals surface area contributed by atoms with Gasteiger partial charge in [0.25, 0.3) is 0 Å². The van der Waals surface area contributed by atoms with E-state index in [0.717, 1.165) is 0 Å². The van der Waals surface area contributed by atoms with Crippen LogP contribution in [0.5, 0.6) is 23.0 Å². The second-order valence-electron chi connectivity index (χ2n) is 7.44. The molecule has 3 rings (SSSR count). The first kappa shape index (κ1) is 25.0. The fourth-order valence-electron chi connectivity index (χ4n) is 3.61. The van der Waals surface area contributed by atoms with Crippen LogP contribution in [0.15, 0.2) is 42.5 Å². The monoisotopic (exact) mass is 466 g/mol. The van der Waals surface area contributed by atoms with Gasteiger partial charge in [0, 0.05) is 7.11 Å². The summed E-state index contributed by atoms with van der Waals surface area (Å²) < 4.78 is 33.5. The topological polar surface area (TPSA) is 136 Å². The maximum Gasteiger partial charge on any atom is 0.186 e. The molecule has 0 saturated carbocycles. The van der Waals surface area contributed by atoms with E-state index in [4.69, 9.17) is 28.4 Å². The van der Waals surface area contributed by atoms with Crippen molar-refractivity contribution in [3.63, 3.8) is 0 Å². The van der Waals surface area contributed by atoms with E-state index in [9.17, 15) is 20.4 Å². The Morgan fingerprint density at radius 2 is 1.70 bits per heavy atom. The maximum absolute atomic E-state index is 10.6. The minimum absolute atomic E-state index is 0.0857. The van der Waals surface area contributed by atoms with Crippen molar-refractivity contribution in [2.75, 3.05) is 34.5 Å². The molecule has 1 heterocycles. The highest BCUT2D eigenvalue weighted by molar-refractivity contribution is 5.43. The predicted octanol–water partition coefficient (Wildman–Crippen LogP) is 1.00. The molecule has 2 aromatic rings. The average molecular weight is 466 g/mol. The summed E-state index contributed by atoms with van der Waals surface area (Å²) in [6.07, 6.45) is -6.59. The Balaban J connectivity index is 2.00. The summed E-state index contributed by atoms with van der Waals surface area (Å²) in [6, 6.07) is 11.4. The Hall–Kier alpha value is -2.60. The number of ether oxygens (including phenoxy) is 6. The molecule has 0 aromatic heterocycles. The molecule has 2 unspecified atom stereocenters. The van der Waals surface area contributed by atoms with E-state index in [-0.39, 0.29) is 18.1 Å². The van der Waals surface area contributed by atoms with Crippen LogP contribution in [0, 0.1) is 0 Å². The van der Waals surface area contributed by atoms with E-state index in [1.54, 1.807) is 30.3 Å². The Bertz CT molecular complexity index is 889. The lowest BCUT2D eigenvalue weighted by Crippen LogP contribution is -2.55. The van der Waals surface area contributed by atoms with Crippen LogP contribution in [0.25, 0.3) is 0 Å². The van der Waals surface area contributed by atoms with Gasteiger partial charge in [0.05, 0.1) is 27.4 Å². The van der Waals surface area contributed by atoms with Gasteiger partial charge >= 0.3 is 0 Å². The van der Waals surface area contributed by atoms with Crippen LogP contribution in [0.1, 0.15) is 11.7 Å². The van der Waals surface area contributed by atoms with Gasteiger partial charge in [-0.05, 0) is 29.8 Å². The Kier molecular flexibility index (Phi) is 8.73. The van der Waals surface area contributed by atoms with E-state index in [0.29, 0.717) is 17.1 Å². The largest absolute Gasteiger partial charge is 0.504 e. The first-order valence-corrected chi connectivity index (χ1v) is 10.4. The molecule has 1 fully saturated rings. The average Bonchev–Trinajstić information content (AvgIpc) is 2.84. The lowest BCUT2D eigenvalue weighted by atomic mass is 10.0. The lowest BCUT2D eigenvalue weighted by molar-refractivity contribution is -0.289. The van der Waals surface area contributed by atoms with Crippen molar-refractivity contribution in [1.82, 2.24) is 0 Å². The third kappa shape index (κ3) is 5.67. The zero-order valence-corrected chi connectivity index (χ0v) is 18.7. The van der Waals surface area contributed by atoms with Crippen molar-refractivity contribution in [3.05, 3.63) is 48.0 Å². The lowest BCUT2D eigenvalue weighted by Gasteiger charge is -2.40. The van der Waals surface area contributed by atoms with Crippen molar-refractivity contribution in [1.29, 1.82) is 0 Å². The second kappa shape index (κ2) is 11.5. The molecule has 10 nitrogen and oxygen atoms in total. The quantitative estimate of drug-likeness (QED) is 0.401. The number of aromatic hydroxyl groups is 1. The maximum atomic E-state index is 10.6. The molecule has 0 aliphatic carbocycles. The highest BCUT2D eigenvalue weighted by atomic mass is 16.7. The van der Waals surface area contributed by atoms with E-state index in [2.05, 4.69) is 0 Å². The highest BCUT2D eigenvalue weighted by Crippen LogP contribution is 2.37. The summed E-state index contributed by atoms with van der Waals surface area (Å²) in [6.45, 7) is -0.603. The number of phenolic OH excluding ortho intramolecular Hbond substituents is 1. The molecule has 4 N–H and O–H groups in total.